The summed E-state index contributed by atoms with van der Waals surface area (Å²) in [5.41, 5.74) is -2.97. The van der Waals surface area contributed by atoms with E-state index in [4.69, 9.17) is 10.00 Å². The van der Waals surface area contributed by atoms with Gasteiger partial charge < -0.3 is 28.9 Å². The maximum atomic E-state index is 11.2. The molecule has 7 nitrogen and oxygen atoms in total. The molecule has 1 aromatic rings. The summed E-state index contributed by atoms with van der Waals surface area (Å²) >= 11 is 0. The third-order valence-electron chi connectivity index (χ3n) is 1.55. The van der Waals surface area contributed by atoms with Crippen LogP contribution >= 0.6 is 15.2 Å². The molecule has 0 aliphatic carbocycles. The average molecular weight is 312 g/mol. The summed E-state index contributed by atoms with van der Waals surface area (Å²) in [6.45, 7) is 0. The van der Waals surface area contributed by atoms with Crippen molar-refractivity contribution >= 4 is 15.2 Å². The third-order valence-corrected chi connectivity index (χ3v) is 4.89. The SMILES string of the molecule is O=P([O-])(O)C(O)P(=O)([O-])Oc1ccccc1.[Na+].[Na+]. The molecular formula is C7H8Na2O7P2. The minimum atomic E-state index is -5.41. The first-order chi connectivity index (χ1) is 7.23. The molecule has 18 heavy (non-hydrogen) atoms. The number of hydrogen-bond donors (Lipinski definition) is 2. The van der Waals surface area contributed by atoms with Gasteiger partial charge in [0.25, 0.3) is 0 Å². The van der Waals surface area contributed by atoms with Crippen LogP contribution in [0.5, 0.6) is 5.75 Å². The van der Waals surface area contributed by atoms with Crippen molar-refractivity contribution in [2.24, 2.45) is 0 Å². The van der Waals surface area contributed by atoms with Gasteiger partial charge in [-0.3, -0.25) is 4.57 Å². The number of benzene rings is 1. The van der Waals surface area contributed by atoms with Crippen LogP contribution in [0.4, 0.5) is 0 Å². The first kappa shape index (κ1) is 21.6. The Morgan fingerprint density at radius 2 is 1.56 bits per heavy atom. The van der Waals surface area contributed by atoms with Gasteiger partial charge in [0.2, 0.25) is 7.60 Å². The Bertz CT molecular complexity index is 448. The van der Waals surface area contributed by atoms with E-state index in [1.165, 1.54) is 24.3 Å². The molecule has 90 valence electrons. The fraction of sp³-hybridized carbons (Fsp3) is 0.143. The van der Waals surface area contributed by atoms with Crippen molar-refractivity contribution in [2.45, 2.75) is 5.59 Å². The summed E-state index contributed by atoms with van der Waals surface area (Å²) in [6.07, 6.45) is 0. The molecule has 0 amide bonds. The van der Waals surface area contributed by atoms with E-state index in [1.807, 2.05) is 0 Å². The number of para-hydroxylation sites is 1. The summed E-state index contributed by atoms with van der Waals surface area (Å²) in [7, 11) is -10.6. The molecule has 0 aliphatic rings. The molecule has 11 heteroatoms. The average Bonchev–Trinajstić information content (AvgIpc) is 2.16. The van der Waals surface area contributed by atoms with E-state index in [2.05, 4.69) is 4.52 Å². The predicted molar refractivity (Wildman–Crippen MR) is 50.5 cm³/mol. The van der Waals surface area contributed by atoms with Crippen molar-refractivity contribution in [1.29, 1.82) is 0 Å². The van der Waals surface area contributed by atoms with Crippen molar-refractivity contribution in [3.05, 3.63) is 30.3 Å². The smallest absolute Gasteiger partial charge is 0.776 e. The molecule has 0 aliphatic heterocycles. The van der Waals surface area contributed by atoms with Gasteiger partial charge in [0, 0.05) is 0 Å². The molecule has 0 radical (unpaired) electrons. The number of rotatable bonds is 4. The first-order valence-electron chi connectivity index (χ1n) is 4.00. The number of aliphatic hydroxyl groups excluding tert-OH is 1. The molecule has 0 heterocycles. The molecular weight excluding hydrogens is 304 g/mol. The molecule has 0 saturated carbocycles. The Morgan fingerprint density at radius 1 is 1.11 bits per heavy atom. The maximum absolute atomic E-state index is 11.2. The van der Waals surface area contributed by atoms with Crippen molar-refractivity contribution in [1.82, 2.24) is 0 Å². The summed E-state index contributed by atoms with van der Waals surface area (Å²) in [5.74, 6) is -0.159. The van der Waals surface area contributed by atoms with Crippen LogP contribution in [-0.4, -0.2) is 15.6 Å². The van der Waals surface area contributed by atoms with E-state index in [-0.39, 0.29) is 64.9 Å². The van der Waals surface area contributed by atoms with Crippen molar-refractivity contribution < 1.29 is 92.6 Å². The Labute approximate surface area is 148 Å². The van der Waals surface area contributed by atoms with Crippen LogP contribution in [0, 0.1) is 0 Å². The number of hydrogen-bond acceptors (Lipinski definition) is 6. The third kappa shape index (κ3) is 6.66. The van der Waals surface area contributed by atoms with Gasteiger partial charge in [-0.1, -0.05) is 18.2 Å². The van der Waals surface area contributed by atoms with Crippen LogP contribution in [0.1, 0.15) is 0 Å². The first-order valence-corrected chi connectivity index (χ1v) is 7.26. The topological polar surface area (TPSA) is 130 Å². The van der Waals surface area contributed by atoms with Crippen LogP contribution < -0.4 is 73.4 Å². The largest absolute Gasteiger partial charge is 1.00 e. The molecule has 1 rings (SSSR count). The summed E-state index contributed by atoms with van der Waals surface area (Å²) in [4.78, 5) is 30.0. The molecule has 0 fully saturated rings. The molecule has 0 aromatic heterocycles. The van der Waals surface area contributed by atoms with Crippen LogP contribution in [0.2, 0.25) is 0 Å². The molecule has 2 N–H and O–H groups in total. The second-order valence-corrected chi connectivity index (χ2v) is 6.63. The second-order valence-electron chi connectivity index (χ2n) is 2.85. The molecule has 1 aromatic carbocycles. The van der Waals surface area contributed by atoms with Gasteiger partial charge in [0.1, 0.15) is 5.75 Å². The van der Waals surface area contributed by atoms with Gasteiger partial charge in [-0.25, -0.2) is 0 Å². The Morgan fingerprint density at radius 3 is 1.94 bits per heavy atom. The van der Waals surface area contributed by atoms with E-state index in [9.17, 15) is 18.9 Å². The summed E-state index contributed by atoms with van der Waals surface area (Å²) in [6, 6.07) is 7.01. The second kappa shape index (κ2) is 8.57. The Hall–Kier alpha value is 1.32. The van der Waals surface area contributed by atoms with Crippen molar-refractivity contribution in [3.63, 3.8) is 0 Å². The van der Waals surface area contributed by atoms with E-state index in [1.54, 1.807) is 6.07 Å². The minimum absolute atomic E-state index is 0. The number of aliphatic hydroxyl groups is 1. The van der Waals surface area contributed by atoms with Crippen LogP contribution in [0.25, 0.3) is 0 Å². The normalized spacial score (nSPS) is 18.2. The Balaban J connectivity index is 0. The zero-order chi connectivity index (χ0) is 12.4. The van der Waals surface area contributed by atoms with Crippen LogP contribution in [0.15, 0.2) is 30.3 Å². The summed E-state index contributed by atoms with van der Waals surface area (Å²) < 4.78 is 25.9. The van der Waals surface area contributed by atoms with Crippen LogP contribution in [-0.2, 0) is 9.13 Å². The van der Waals surface area contributed by atoms with Crippen molar-refractivity contribution in [3.8, 4) is 5.75 Å². The quantitative estimate of drug-likeness (QED) is 0.417. The van der Waals surface area contributed by atoms with E-state index < -0.39 is 20.8 Å². The fourth-order valence-electron chi connectivity index (χ4n) is 0.854. The fourth-order valence-corrected chi connectivity index (χ4v) is 2.94. The van der Waals surface area contributed by atoms with Gasteiger partial charge >= 0.3 is 59.1 Å². The van der Waals surface area contributed by atoms with E-state index >= 15 is 0 Å². The van der Waals surface area contributed by atoms with Gasteiger partial charge in [-0.2, -0.15) is 0 Å². The van der Waals surface area contributed by atoms with Crippen LogP contribution in [0.3, 0.4) is 0 Å². The monoisotopic (exact) mass is 312 g/mol. The minimum Gasteiger partial charge on any atom is -0.776 e. The van der Waals surface area contributed by atoms with Crippen molar-refractivity contribution in [2.75, 3.05) is 0 Å². The molecule has 0 spiro atoms. The van der Waals surface area contributed by atoms with Gasteiger partial charge in [-0.05, 0) is 12.1 Å². The van der Waals surface area contributed by atoms with Gasteiger partial charge in [-0.15, -0.1) is 0 Å². The molecule has 3 atom stereocenters. The maximum Gasteiger partial charge on any atom is 1.00 e. The summed E-state index contributed by atoms with van der Waals surface area (Å²) in [5, 5.41) is 8.85. The zero-order valence-electron chi connectivity index (χ0n) is 9.79. The zero-order valence-corrected chi connectivity index (χ0v) is 15.6. The predicted octanol–water partition coefficient (Wildman–Crippen LogP) is -6.55. The standard InChI is InChI=1S/C7H10O7P2.2Na/c8-7(15(9,10)11)16(12,13)14-6-4-2-1-3-5-6;;/h1-5,7-8H,(H,12,13)(H2,9,10,11);;/q;2*+1/p-2. The Kier molecular flexibility index (Phi) is 10.3. The van der Waals surface area contributed by atoms with Gasteiger partial charge in [0.15, 0.2) is 13.2 Å². The molecule has 0 bridgehead atoms. The van der Waals surface area contributed by atoms with E-state index in [0.717, 1.165) is 0 Å². The van der Waals surface area contributed by atoms with Gasteiger partial charge in [0.05, 0.1) is 0 Å². The molecule has 3 unspecified atom stereocenters. The molecule has 0 saturated heterocycles. The van der Waals surface area contributed by atoms with E-state index in [0.29, 0.717) is 0 Å².